The number of carbonyl (C=O) groups is 5. The van der Waals surface area contributed by atoms with E-state index >= 15 is 0 Å². The lowest BCUT2D eigenvalue weighted by molar-refractivity contribution is -0.141. The summed E-state index contributed by atoms with van der Waals surface area (Å²) in [5, 5.41) is 14.0. The van der Waals surface area contributed by atoms with E-state index in [0.717, 1.165) is 18.2 Å². The molecule has 0 bridgehead atoms. The van der Waals surface area contributed by atoms with Gasteiger partial charge in [-0.25, -0.2) is 9.59 Å². The third-order valence-electron chi connectivity index (χ3n) is 8.13. The maximum atomic E-state index is 12.6. The van der Waals surface area contributed by atoms with Crippen molar-refractivity contribution < 1.29 is 48.0 Å². The normalized spacial score (nSPS) is 30.3. The van der Waals surface area contributed by atoms with Crippen LogP contribution in [0.1, 0.15) is 66.7 Å². The number of carbonyl (C=O) groups excluding carboxylic acids is 4. The summed E-state index contributed by atoms with van der Waals surface area (Å²) in [7, 11) is 1.56. The smallest absolute Gasteiger partial charge is 0.414 e. The zero-order valence-electron chi connectivity index (χ0n) is 25.2. The first-order chi connectivity index (χ1) is 19.7. The van der Waals surface area contributed by atoms with Crippen LogP contribution in [-0.4, -0.2) is 95.5 Å². The van der Waals surface area contributed by atoms with Gasteiger partial charge in [-0.1, -0.05) is 25.5 Å². The molecule has 2 aliphatic heterocycles. The number of epoxide rings is 2. The third-order valence-corrected chi connectivity index (χ3v) is 9.17. The van der Waals surface area contributed by atoms with Crippen molar-refractivity contribution in [2.75, 3.05) is 25.2 Å². The van der Waals surface area contributed by atoms with Gasteiger partial charge in [0.15, 0.2) is 0 Å². The molecule has 1 spiro atoms. The molecule has 0 aromatic heterocycles. The number of alkyl carbamates (subject to hydrolysis) is 1. The number of hydrogen-bond donors (Lipinski definition) is 3. The molecule has 236 valence electrons. The van der Waals surface area contributed by atoms with Crippen molar-refractivity contribution in [2.24, 2.45) is 11.8 Å². The van der Waals surface area contributed by atoms with Gasteiger partial charge >= 0.3 is 12.1 Å². The van der Waals surface area contributed by atoms with Crippen molar-refractivity contribution >= 4 is 41.4 Å². The van der Waals surface area contributed by atoms with Crippen LogP contribution in [-0.2, 0) is 38.1 Å². The van der Waals surface area contributed by atoms with E-state index in [1.807, 2.05) is 20.8 Å². The molecule has 12 nitrogen and oxygen atoms in total. The van der Waals surface area contributed by atoms with Crippen molar-refractivity contribution in [3.8, 4) is 0 Å². The summed E-state index contributed by atoms with van der Waals surface area (Å²) >= 11 is 0.944. The fourth-order valence-electron chi connectivity index (χ4n) is 5.62. The second kappa shape index (κ2) is 14.3. The fraction of sp³-hybridized carbons (Fsp3) is 0.759. The zero-order valence-corrected chi connectivity index (χ0v) is 26.0. The molecule has 13 heteroatoms. The van der Waals surface area contributed by atoms with Crippen LogP contribution in [0.15, 0.2) is 11.6 Å². The van der Waals surface area contributed by atoms with Gasteiger partial charge < -0.3 is 29.4 Å². The van der Waals surface area contributed by atoms with Crippen LogP contribution in [0.4, 0.5) is 4.79 Å². The highest BCUT2D eigenvalue weighted by Gasteiger charge is 2.72. The first-order valence-electron chi connectivity index (χ1n) is 14.3. The van der Waals surface area contributed by atoms with E-state index in [1.165, 1.54) is 5.57 Å². The van der Waals surface area contributed by atoms with Gasteiger partial charge in [-0.05, 0) is 40.0 Å². The molecule has 3 fully saturated rings. The Morgan fingerprint density at radius 2 is 1.83 bits per heavy atom. The van der Waals surface area contributed by atoms with Gasteiger partial charge in [0.25, 0.3) is 0 Å². The van der Waals surface area contributed by atoms with Gasteiger partial charge in [0, 0.05) is 31.6 Å². The van der Waals surface area contributed by atoms with Crippen molar-refractivity contribution in [1.82, 2.24) is 10.6 Å². The Hall–Kier alpha value is -2.48. The zero-order chi connectivity index (χ0) is 31.2. The number of ketones is 1. The molecule has 0 unspecified atom stereocenters. The maximum Gasteiger partial charge on any atom is 0.414 e. The molecule has 2 saturated heterocycles. The SMILES string of the molecule is CO[C@@H]1[C@H](OC(=O)NC(=O)CSC[C@@H](NC(=O)CCC(=O)C(C)C)C(=O)O)CC[C@]2(CO2)[C@H]1[C@]1(C)O[C@@H]1CC=C(C)C. The Kier molecular flexibility index (Phi) is 11.6. The number of carboxylic acid groups (broad SMARTS) is 1. The van der Waals surface area contributed by atoms with Gasteiger partial charge in [0.1, 0.15) is 35.2 Å². The Bertz CT molecular complexity index is 1070. The van der Waals surface area contributed by atoms with Crippen LogP contribution in [0, 0.1) is 11.8 Å². The van der Waals surface area contributed by atoms with E-state index in [1.54, 1.807) is 21.0 Å². The minimum absolute atomic E-state index is 0.00393. The topological polar surface area (TPSA) is 173 Å². The minimum Gasteiger partial charge on any atom is -0.480 e. The Morgan fingerprint density at radius 3 is 2.40 bits per heavy atom. The van der Waals surface area contributed by atoms with Crippen LogP contribution in [0.2, 0.25) is 0 Å². The number of carboxylic acids is 1. The highest BCUT2D eigenvalue weighted by Crippen LogP contribution is 2.59. The van der Waals surface area contributed by atoms with E-state index in [-0.39, 0.29) is 53.7 Å². The van der Waals surface area contributed by atoms with E-state index < -0.39 is 47.7 Å². The first-order valence-corrected chi connectivity index (χ1v) is 15.5. The quantitative estimate of drug-likeness (QED) is 0.183. The number of allylic oxidation sites excluding steroid dienone is 1. The van der Waals surface area contributed by atoms with Gasteiger partial charge in [0.05, 0.1) is 24.4 Å². The number of nitrogens with one attached hydrogen (secondary N) is 2. The summed E-state index contributed by atoms with van der Waals surface area (Å²) in [5.74, 6) is -3.27. The number of rotatable bonds is 15. The van der Waals surface area contributed by atoms with Crippen LogP contribution in [0.25, 0.3) is 0 Å². The van der Waals surface area contributed by atoms with Crippen molar-refractivity contribution in [1.29, 1.82) is 0 Å². The fourth-order valence-corrected chi connectivity index (χ4v) is 6.46. The summed E-state index contributed by atoms with van der Waals surface area (Å²) < 4.78 is 23.6. The van der Waals surface area contributed by atoms with Crippen LogP contribution in [0.5, 0.6) is 0 Å². The van der Waals surface area contributed by atoms with E-state index in [0.29, 0.717) is 19.4 Å². The average molecular weight is 613 g/mol. The number of amides is 3. The van der Waals surface area contributed by atoms with Crippen LogP contribution in [0.3, 0.4) is 0 Å². The number of thioether (sulfide) groups is 1. The molecule has 3 rings (SSSR count). The lowest BCUT2D eigenvalue weighted by atomic mass is 9.68. The molecule has 2 heterocycles. The molecule has 3 aliphatic rings. The molecule has 3 amide bonds. The number of Topliss-reactive ketones (excluding diaryl/α,β-unsaturated/α-hetero) is 1. The molecule has 1 aliphatic carbocycles. The van der Waals surface area contributed by atoms with Crippen molar-refractivity contribution in [2.45, 2.75) is 102 Å². The van der Waals surface area contributed by atoms with Gasteiger partial charge in [-0.15, -0.1) is 11.8 Å². The highest BCUT2D eigenvalue weighted by molar-refractivity contribution is 8.00. The van der Waals surface area contributed by atoms with E-state index in [2.05, 4.69) is 16.7 Å². The second-order valence-electron chi connectivity index (χ2n) is 12.0. The first kappa shape index (κ1) is 34.0. The molecular formula is C29H44N2O10S. The summed E-state index contributed by atoms with van der Waals surface area (Å²) in [6.45, 7) is 10.2. The summed E-state index contributed by atoms with van der Waals surface area (Å²) in [5.41, 5.74) is 0.336. The minimum atomic E-state index is -1.27. The molecular weight excluding hydrogens is 568 g/mol. The third kappa shape index (κ3) is 8.77. The van der Waals surface area contributed by atoms with Gasteiger partial charge in [-0.2, -0.15) is 0 Å². The molecule has 1 saturated carbocycles. The summed E-state index contributed by atoms with van der Waals surface area (Å²) in [6, 6.07) is -1.25. The number of ether oxygens (including phenoxy) is 4. The van der Waals surface area contributed by atoms with Crippen LogP contribution >= 0.6 is 11.8 Å². The lowest BCUT2D eigenvalue weighted by Crippen LogP contribution is -2.56. The van der Waals surface area contributed by atoms with Crippen molar-refractivity contribution in [3.63, 3.8) is 0 Å². The number of imide groups is 1. The maximum absolute atomic E-state index is 12.6. The number of aliphatic carboxylic acids is 1. The predicted octanol–water partition coefficient (Wildman–Crippen LogP) is 2.62. The van der Waals surface area contributed by atoms with Crippen LogP contribution < -0.4 is 10.6 Å². The summed E-state index contributed by atoms with van der Waals surface area (Å²) in [4.78, 5) is 60.4. The number of hydrogen-bond acceptors (Lipinski definition) is 10. The molecule has 3 N–H and O–H groups in total. The highest BCUT2D eigenvalue weighted by atomic mass is 32.2. The average Bonchev–Trinajstić information content (AvgIpc) is 3.82. The largest absolute Gasteiger partial charge is 0.480 e. The van der Waals surface area contributed by atoms with Gasteiger partial charge in [-0.3, -0.25) is 19.7 Å². The van der Waals surface area contributed by atoms with E-state index in [9.17, 15) is 29.1 Å². The van der Waals surface area contributed by atoms with Gasteiger partial charge in [0.2, 0.25) is 11.8 Å². The lowest BCUT2D eigenvalue weighted by Gasteiger charge is -2.42. The van der Waals surface area contributed by atoms with Crippen molar-refractivity contribution in [3.05, 3.63) is 11.6 Å². The Balaban J connectivity index is 1.47. The molecule has 0 radical (unpaired) electrons. The summed E-state index contributed by atoms with van der Waals surface area (Å²) in [6.07, 6.45) is 1.96. The predicted molar refractivity (Wildman–Crippen MR) is 154 cm³/mol. The molecule has 42 heavy (non-hydrogen) atoms. The number of methoxy groups -OCH3 is 1. The second-order valence-corrected chi connectivity index (χ2v) is 13.0. The standard InChI is InChI=1S/C29H44N2O10S/c1-16(2)7-9-21-28(5,41-21)25-24(38-6)20(11-12-29(25)15-39-29)40-27(37)31-23(34)14-42-13-18(26(35)36)30-22(33)10-8-19(32)17(3)4/h7,17-18,20-21,24-25H,8-15H2,1-6H3,(H,30,33)(H,35,36)(H,31,34,37)/t18-,20-,21-,24-,25-,28-,29+/m1/s1. The van der Waals surface area contributed by atoms with E-state index in [4.69, 9.17) is 18.9 Å². The molecule has 7 atom stereocenters. The molecule has 0 aromatic carbocycles. The monoisotopic (exact) mass is 612 g/mol. The molecule has 0 aromatic rings. The Morgan fingerprint density at radius 1 is 1.14 bits per heavy atom. The Labute approximate surface area is 251 Å².